The van der Waals surface area contributed by atoms with Crippen LogP contribution < -0.4 is 10.6 Å². The fourth-order valence-corrected chi connectivity index (χ4v) is 4.80. The van der Waals surface area contributed by atoms with Crippen LogP contribution in [0.4, 0.5) is 20.6 Å². The van der Waals surface area contributed by atoms with Gasteiger partial charge in [0.15, 0.2) is 0 Å². The van der Waals surface area contributed by atoms with E-state index in [0.29, 0.717) is 28.3 Å². The van der Waals surface area contributed by atoms with Gasteiger partial charge in [-0.1, -0.05) is 60.7 Å². The van der Waals surface area contributed by atoms with Gasteiger partial charge < -0.3 is 15.1 Å². The van der Waals surface area contributed by atoms with Crippen LogP contribution in [0.5, 0.6) is 0 Å². The number of amides is 3. The zero-order chi connectivity index (χ0) is 27.6. The first kappa shape index (κ1) is 25.1. The lowest BCUT2D eigenvalue weighted by Gasteiger charge is -2.27. The molecule has 0 bridgehead atoms. The molecule has 6 rings (SSSR count). The number of aryl methyl sites for hydroxylation is 1. The van der Waals surface area contributed by atoms with Gasteiger partial charge in [0.1, 0.15) is 17.2 Å². The molecule has 2 N–H and O–H groups in total. The van der Waals surface area contributed by atoms with Gasteiger partial charge in [-0.05, 0) is 55.0 Å². The SMILES string of the molecule is Cc1cccc(NC(=O)N(Cc2cc3ccccc3o2)C2N=C(c3ccccc3F)c3ccccc3NC2=O)c1. The number of benzene rings is 4. The number of furan rings is 1. The Kier molecular flexibility index (Phi) is 6.57. The van der Waals surface area contributed by atoms with Crippen molar-refractivity contribution in [2.75, 3.05) is 10.6 Å². The largest absolute Gasteiger partial charge is 0.459 e. The van der Waals surface area contributed by atoms with E-state index in [1.165, 1.54) is 11.0 Å². The Balaban J connectivity index is 1.47. The van der Waals surface area contributed by atoms with E-state index in [2.05, 4.69) is 10.6 Å². The maximum atomic E-state index is 15.1. The number of anilines is 2. The number of urea groups is 1. The quantitative estimate of drug-likeness (QED) is 0.263. The van der Waals surface area contributed by atoms with Crippen LogP contribution in [0.15, 0.2) is 113 Å². The van der Waals surface area contributed by atoms with E-state index in [1.807, 2.05) is 55.5 Å². The third-order valence-corrected chi connectivity index (χ3v) is 6.68. The molecular formula is C32H25FN4O3. The molecule has 0 fully saturated rings. The highest BCUT2D eigenvalue weighted by Crippen LogP contribution is 2.28. The van der Waals surface area contributed by atoms with Crippen molar-refractivity contribution in [2.45, 2.75) is 19.6 Å². The molecule has 1 atom stereocenters. The maximum Gasteiger partial charge on any atom is 0.324 e. The minimum absolute atomic E-state index is 0.0607. The van der Waals surface area contributed by atoms with Crippen molar-refractivity contribution in [1.29, 1.82) is 0 Å². The number of aliphatic imine (C=N–C) groups is 1. The summed E-state index contributed by atoms with van der Waals surface area (Å²) in [5.41, 5.74) is 3.68. The van der Waals surface area contributed by atoms with E-state index >= 15 is 4.39 Å². The smallest absolute Gasteiger partial charge is 0.324 e. The summed E-state index contributed by atoms with van der Waals surface area (Å²) in [5.74, 6) is -0.552. The number of nitrogens with one attached hydrogen (secondary N) is 2. The van der Waals surface area contributed by atoms with Crippen LogP contribution in [0.25, 0.3) is 11.0 Å². The lowest BCUT2D eigenvalue weighted by atomic mass is 10.0. The van der Waals surface area contributed by atoms with Crippen molar-refractivity contribution in [1.82, 2.24) is 4.90 Å². The van der Waals surface area contributed by atoms with E-state index in [4.69, 9.17) is 9.41 Å². The first-order chi connectivity index (χ1) is 19.5. The Hall–Kier alpha value is -5.24. The lowest BCUT2D eigenvalue weighted by molar-refractivity contribution is -0.120. The number of hydrogen-bond donors (Lipinski definition) is 2. The number of rotatable bonds is 5. The molecule has 40 heavy (non-hydrogen) atoms. The molecule has 1 aliphatic rings. The van der Waals surface area contributed by atoms with Crippen molar-refractivity contribution < 1.29 is 18.4 Å². The van der Waals surface area contributed by atoms with Gasteiger partial charge in [-0.3, -0.25) is 9.69 Å². The molecular weight excluding hydrogens is 507 g/mol. The molecule has 4 aromatic carbocycles. The Morgan fingerprint density at radius 3 is 2.50 bits per heavy atom. The van der Waals surface area contributed by atoms with E-state index in [9.17, 15) is 9.59 Å². The summed E-state index contributed by atoms with van der Waals surface area (Å²) in [5, 5.41) is 6.63. The number of para-hydroxylation sites is 2. The number of nitrogens with zero attached hydrogens (tertiary/aromatic N) is 2. The zero-order valence-electron chi connectivity index (χ0n) is 21.6. The number of carbonyl (C=O) groups excluding carboxylic acids is 2. The van der Waals surface area contributed by atoms with Gasteiger partial charge in [-0.2, -0.15) is 0 Å². The topological polar surface area (TPSA) is 86.9 Å². The van der Waals surface area contributed by atoms with Crippen molar-refractivity contribution in [2.24, 2.45) is 4.99 Å². The molecule has 1 aliphatic heterocycles. The Morgan fingerprint density at radius 1 is 0.950 bits per heavy atom. The van der Waals surface area contributed by atoms with E-state index < -0.39 is 23.9 Å². The monoisotopic (exact) mass is 532 g/mol. The fraction of sp³-hybridized carbons (Fsp3) is 0.0938. The normalized spacial score (nSPS) is 14.6. The minimum atomic E-state index is -1.33. The van der Waals surface area contributed by atoms with Gasteiger partial charge in [-0.15, -0.1) is 0 Å². The molecule has 8 heteroatoms. The molecule has 0 saturated carbocycles. The third kappa shape index (κ3) is 4.94. The summed E-state index contributed by atoms with van der Waals surface area (Å²) in [7, 11) is 0. The molecule has 5 aromatic rings. The zero-order valence-corrected chi connectivity index (χ0v) is 21.6. The number of benzodiazepines with no additional fused rings is 1. The average molecular weight is 533 g/mol. The summed E-state index contributed by atoms with van der Waals surface area (Å²) >= 11 is 0. The van der Waals surface area contributed by atoms with Crippen LogP contribution in [-0.4, -0.2) is 28.7 Å². The number of fused-ring (bicyclic) bond motifs is 2. The van der Waals surface area contributed by atoms with Crippen LogP contribution in [0, 0.1) is 12.7 Å². The van der Waals surface area contributed by atoms with Gasteiger partial charge >= 0.3 is 6.03 Å². The highest BCUT2D eigenvalue weighted by atomic mass is 19.1. The van der Waals surface area contributed by atoms with Gasteiger partial charge in [0, 0.05) is 22.2 Å². The molecule has 0 aliphatic carbocycles. The number of halogens is 1. The molecule has 7 nitrogen and oxygen atoms in total. The van der Waals surface area contributed by atoms with Crippen molar-refractivity contribution in [3.63, 3.8) is 0 Å². The number of carbonyl (C=O) groups is 2. The van der Waals surface area contributed by atoms with Crippen LogP contribution in [0.2, 0.25) is 0 Å². The number of hydrogen-bond acceptors (Lipinski definition) is 4. The Bertz CT molecular complexity index is 1740. The van der Waals surface area contributed by atoms with Gasteiger partial charge in [0.25, 0.3) is 5.91 Å². The van der Waals surface area contributed by atoms with Crippen molar-refractivity contribution in [3.8, 4) is 0 Å². The van der Waals surface area contributed by atoms with Crippen molar-refractivity contribution in [3.05, 3.63) is 131 Å². The van der Waals surface area contributed by atoms with Crippen LogP contribution >= 0.6 is 0 Å². The van der Waals surface area contributed by atoms with Crippen molar-refractivity contribution >= 4 is 40.0 Å². The van der Waals surface area contributed by atoms with Gasteiger partial charge in [0.05, 0.1) is 17.9 Å². The lowest BCUT2D eigenvalue weighted by Crippen LogP contribution is -2.47. The van der Waals surface area contributed by atoms with E-state index in [-0.39, 0.29) is 17.8 Å². The maximum absolute atomic E-state index is 15.1. The predicted octanol–water partition coefficient (Wildman–Crippen LogP) is 6.73. The van der Waals surface area contributed by atoms with Crippen LogP contribution in [0.1, 0.15) is 22.5 Å². The summed E-state index contributed by atoms with van der Waals surface area (Å²) < 4.78 is 21.1. The standard InChI is InChI=1S/C32H25FN4O3/c1-20-9-8-11-22(17-20)34-32(39)37(19-23-18-21-10-2-7-16-28(21)40-23)30-31(38)35-27-15-6-4-13-25(27)29(36-30)24-12-3-5-14-26(24)33/h2-18,30H,19H2,1H3,(H,34,39)(H,35,38). The van der Waals surface area contributed by atoms with E-state index in [0.717, 1.165) is 10.9 Å². The summed E-state index contributed by atoms with van der Waals surface area (Å²) in [4.78, 5) is 33.6. The Labute approximate surface area is 230 Å². The van der Waals surface area contributed by atoms with Crippen LogP contribution in [0.3, 0.4) is 0 Å². The van der Waals surface area contributed by atoms with Crippen LogP contribution in [-0.2, 0) is 11.3 Å². The molecule has 1 aromatic heterocycles. The average Bonchev–Trinajstić information content (AvgIpc) is 3.30. The minimum Gasteiger partial charge on any atom is -0.459 e. The third-order valence-electron chi connectivity index (χ3n) is 6.68. The van der Waals surface area contributed by atoms with E-state index in [1.54, 1.807) is 48.5 Å². The second-order valence-corrected chi connectivity index (χ2v) is 9.54. The first-order valence-electron chi connectivity index (χ1n) is 12.8. The molecule has 2 heterocycles. The fourth-order valence-electron chi connectivity index (χ4n) is 4.80. The molecule has 0 radical (unpaired) electrons. The molecule has 0 spiro atoms. The summed E-state index contributed by atoms with van der Waals surface area (Å²) in [6, 6.07) is 29.4. The molecule has 198 valence electrons. The molecule has 1 unspecified atom stereocenters. The summed E-state index contributed by atoms with van der Waals surface area (Å²) in [6.07, 6.45) is -1.33. The summed E-state index contributed by atoms with van der Waals surface area (Å²) in [6.45, 7) is 1.86. The predicted molar refractivity (Wildman–Crippen MR) is 153 cm³/mol. The highest BCUT2D eigenvalue weighted by molar-refractivity contribution is 6.20. The van der Waals surface area contributed by atoms with Gasteiger partial charge in [0.2, 0.25) is 6.17 Å². The second kappa shape index (κ2) is 10.5. The Morgan fingerprint density at radius 2 is 1.70 bits per heavy atom. The van der Waals surface area contributed by atoms with Gasteiger partial charge in [-0.25, -0.2) is 14.2 Å². The molecule has 3 amide bonds. The molecule has 0 saturated heterocycles. The first-order valence-corrected chi connectivity index (χ1v) is 12.8. The second-order valence-electron chi connectivity index (χ2n) is 9.54. The highest BCUT2D eigenvalue weighted by Gasteiger charge is 2.35.